The van der Waals surface area contributed by atoms with Crippen LogP contribution in [0.25, 0.3) is 0 Å². The number of carbonyl (C=O) groups is 1. The summed E-state index contributed by atoms with van der Waals surface area (Å²) in [5.41, 5.74) is 1.22. The van der Waals surface area contributed by atoms with Crippen molar-refractivity contribution in [3.63, 3.8) is 0 Å². The molecule has 2 heterocycles. The Morgan fingerprint density at radius 2 is 1.74 bits per heavy atom. The van der Waals surface area contributed by atoms with Crippen molar-refractivity contribution in [1.82, 2.24) is 10.2 Å². The van der Waals surface area contributed by atoms with Crippen molar-refractivity contribution in [2.45, 2.75) is 83.7 Å². The highest BCUT2D eigenvalue weighted by Crippen LogP contribution is 2.23. The molecule has 1 saturated heterocycles. The van der Waals surface area contributed by atoms with E-state index in [0.717, 1.165) is 49.3 Å². The second-order valence-corrected chi connectivity index (χ2v) is 8.24. The Morgan fingerprint density at radius 1 is 1.10 bits per heavy atom. The average molecular weight is 434 g/mol. The average Bonchev–Trinajstić information content (AvgIpc) is 3.34. The standard InChI is InChI=1S/C24H39N3O4/c1-21(19-25-22(2)23-11-14-26-27-23)30-15-9-7-5-3-4-6-8-10-16-31-24(20-28)12-17-29-18-13-24/h11,14,19-20H,3-10,12-13,15-18H2,1-2H3,(H,26,27)/b21-19+,25-22+. The minimum Gasteiger partial charge on any atom is -0.497 e. The number of H-pyrrole nitrogens is 1. The van der Waals surface area contributed by atoms with Gasteiger partial charge in [0.15, 0.2) is 6.29 Å². The summed E-state index contributed by atoms with van der Waals surface area (Å²) in [6.07, 6.45) is 15.3. The molecule has 0 unspecified atom stereocenters. The molecule has 1 N–H and O–H groups in total. The number of aldehydes is 1. The molecule has 0 bridgehead atoms. The van der Waals surface area contributed by atoms with Crippen molar-refractivity contribution in [1.29, 1.82) is 0 Å². The van der Waals surface area contributed by atoms with Crippen LogP contribution < -0.4 is 0 Å². The van der Waals surface area contributed by atoms with Crippen LogP contribution in [0.15, 0.2) is 29.2 Å². The van der Waals surface area contributed by atoms with E-state index in [2.05, 4.69) is 15.2 Å². The Bertz CT molecular complexity index is 664. The lowest BCUT2D eigenvalue weighted by molar-refractivity contribution is -0.145. The number of aromatic amines is 1. The molecule has 0 aromatic carbocycles. The van der Waals surface area contributed by atoms with E-state index >= 15 is 0 Å². The van der Waals surface area contributed by atoms with Gasteiger partial charge in [-0.1, -0.05) is 38.5 Å². The molecule has 1 aromatic heterocycles. The first-order chi connectivity index (χ1) is 15.2. The Hall–Kier alpha value is -1.99. The highest BCUT2D eigenvalue weighted by Gasteiger charge is 2.32. The van der Waals surface area contributed by atoms with E-state index in [1.807, 2.05) is 19.9 Å². The Balaban J connectivity index is 1.40. The van der Waals surface area contributed by atoms with Crippen LogP contribution in [0, 0.1) is 0 Å². The van der Waals surface area contributed by atoms with E-state index in [4.69, 9.17) is 14.2 Å². The predicted octanol–water partition coefficient (Wildman–Crippen LogP) is 4.98. The van der Waals surface area contributed by atoms with Crippen molar-refractivity contribution < 1.29 is 19.0 Å². The van der Waals surface area contributed by atoms with E-state index in [1.54, 1.807) is 12.4 Å². The number of nitrogens with one attached hydrogen (secondary N) is 1. The first-order valence-corrected chi connectivity index (χ1v) is 11.7. The molecule has 1 aromatic rings. The van der Waals surface area contributed by atoms with Gasteiger partial charge in [0.25, 0.3) is 0 Å². The van der Waals surface area contributed by atoms with Crippen LogP contribution in [-0.4, -0.2) is 54.2 Å². The van der Waals surface area contributed by atoms with Crippen LogP contribution in [0.4, 0.5) is 0 Å². The monoisotopic (exact) mass is 433 g/mol. The van der Waals surface area contributed by atoms with Gasteiger partial charge in [-0.15, -0.1) is 0 Å². The van der Waals surface area contributed by atoms with Crippen LogP contribution in [0.2, 0.25) is 0 Å². The highest BCUT2D eigenvalue weighted by atomic mass is 16.5. The van der Waals surface area contributed by atoms with Gasteiger partial charge in [-0.2, -0.15) is 5.10 Å². The molecule has 0 amide bonds. The summed E-state index contributed by atoms with van der Waals surface area (Å²) in [5, 5.41) is 6.82. The SMILES string of the molecule is C/C(=C\N=C(/C)c1ccn[nH]1)OCCCCCCCCCCOC1(C=O)CCOCC1. The van der Waals surface area contributed by atoms with Crippen molar-refractivity contribution in [2.24, 2.45) is 4.99 Å². The zero-order valence-electron chi connectivity index (χ0n) is 19.2. The third kappa shape index (κ3) is 10.2. The maximum absolute atomic E-state index is 11.3. The number of hydrogen-bond donors (Lipinski definition) is 1. The number of unbranched alkanes of at least 4 members (excludes halogenated alkanes) is 7. The van der Waals surface area contributed by atoms with Gasteiger partial charge < -0.3 is 19.0 Å². The van der Waals surface area contributed by atoms with Gasteiger partial charge in [0, 0.05) is 38.9 Å². The van der Waals surface area contributed by atoms with Crippen LogP contribution in [-0.2, 0) is 19.0 Å². The van der Waals surface area contributed by atoms with E-state index in [1.165, 1.54) is 32.1 Å². The molecule has 1 aliphatic rings. The summed E-state index contributed by atoms with van der Waals surface area (Å²) >= 11 is 0. The molecule has 0 spiro atoms. The molecule has 2 rings (SSSR count). The molecule has 174 valence electrons. The molecule has 0 radical (unpaired) electrons. The highest BCUT2D eigenvalue weighted by molar-refractivity contribution is 5.97. The third-order valence-corrected chi connectivity index (χ3v) is 5.64. The zero-order valence-corrected chi connectivity index (χ0v) is 19.2. The van der Waals surface area contributed by atoms with Gasteiger partial charge in [0.2, 0.25) is 0 Å². The molecule has 0 saturated carbocycles. The second kappa shape index (κ2) is 14.9. The van der Waals surface area contributed by atoms with E-state index < -0.39 is 5.60 Å². The smallest absolute Gasteiger partial charge is 0.152 e. The fraction of sp³-hybridized carbons (Fsp3) is 0.708. The van der Waals surface area contributed by atoms with Crippen molar-refractivity contribution in [2.75, 3.05) is 26.4 Å². The maximum atomic E-state index is 11.3. The second-order valence-electron chi connectivity index (χ2n) is 8.24. The largest absolute Gasteiger partial charge is 0.497 e. The normalized spacial score (nSPS) is 17.0. The molecule has 7 nitrogen and oxygen atoms in total. The third-order valence-electron chi connectivity index (χ3n) is 5.64. The van der Waals surface area contributed by atoms with Gasteiger partial charge in [0.1, 0.15) is 11.4 Å². The summed E-state index contributed by atoms with van der Waals surface area (Å²) in [6, 6.07) is 1.90. The fourth-order valence-corrected chi connectivity index (χ4v) is 3.54. The van der Waals surface area contributed by atoms with Crippen LogP contribution in [0.3, 0.4) is 0 Å². The summed E-state index contributed by atoms with van der Waals surface area (Å²) in [6.45, 7) is 6.54. The van der Waals surface area contributed by atoms with Crippen molar-refractivity contribution in [3.8, 4) is 0 Å². The van der Waals surface area contributed by atoms with Gasteiger partial charge in [-0.3, -0.25) is 10.1 Å². The number of aliphatic imine (C=N–C) groups is 1. The predicted molar refractivity (Wildman–Crippen MR) is 122 cm³/mol. The molecular formula is C24H39N3O4. The number of allylic oxidation sites excluding steroid dienone is 1. The van der Waals surface area contributed by atoms with Crippen LogP contribution in [0.1, 0.15) is 83.7 Å². The summed E-state index contributed by atoms with van der Waals surface area (Å²) in [4.78, 5) is 15.7. The quantitative estimate of drug-likeness (QED) is 0.172. The molecule has 1 aliphatic heterocycles. The van der Waals surface area contributed by atoms with E-state index in [-0.39, 0.29) is 0 Å². The number of carbonyl (C=O) groups excluding carboxylic acids is 1. The molecule has 7 heteroatoms. The topological polar surface area (TPSA) is 85.8 Å². The number of nitrogens with zero attached hydrogens (tertiary/aromatic N) is 2. The lowest BCUT2D eigenvalue weighted by Gasteiger charge is -2.32. The Kier molecular flexibility index (Phi) is 12.2. The van der Waals surface area contributed by atoms with Gasteiger partial charge in [-0.25, -0.2) is 0 Å². The molecule has 0 aliphatic carbocycles. The van der Waals surface area contributed by atoms with E-state index in [0.29, 0.717) is 32.7 Å². The maximum Gasteiger partial charge on any atom is 0.152 e. The fourth-order valence-electron chi connectivity index (χ4n) is 3.54. The Labute approximate surface area is 186 Å². The van der Waals surface area contributed by atoms with Crippen LogP contribution >= 0.6 is 0 Å². The summed E-state index contributed by atoms with van der Waals surface area (Å²) in [5.74, 6) is 0.832. The van der Waals surface area contributed by atoms with Crippen LogP contribution in [0.5, 0.6) is 0 Å². The summed E-state index contributed by atoms with van der Waals surface area (Å²) in [7, 11) is 0. The first-order valence-electron chi connectivity index (χ1n) is 11.7. The number of rotatable bonds is 16. The van der Waals surface area contributed by atoms with E-state index in [9.17, 15) is 4.79 Å². The lowest BCUT2D eigenvalue weighted by atomic mass is 9.96. The summed E-state index contributed by atoms with van der Waals surface area (Å²) < 4.78 is 16.9. The van der Waals surface area contributed by atoms with Gasteiger partial charge >= 0.3 is 0 Å². The number of hydrogen-bond acceptors (Lipinski definition) is 6. The molecule has 1 fully saturated rings. The van der Waals surface area contributed by atoms with Crippen molar-refractivity contribution >= 4 is 12.0 Å². The number of aromatic nitrogens is 2. The molecule has 31 heavy (non-hydrogen) atoms. The van der Waals surface area contributed by atoms with Gasteiger partial charge in [-0.05, 0) is 32.8 Å². The molecule has 0 atom stereocenters. The van der Waals surface area contributed by atoms with Crippen molar-refractivity contribution in [3.05, 3.63) is 29.9 Å². The first kappa shape index (κ1) is 25.3. The zero-order chi connectivity index (χ0) is 22.2. The van der Waals surface area contributed by atoms with Gasteiger partial charge in [0.05, 0.1) is 24.2 Å². The minimum absolute atomic E-state index is 0.585. The minimum atomic E-state index is -0.585. The number of ether oxygens (including phenoxy) is 3. The molecular weight excluding hydrogens is 394 g/mol. The Morgan fingerprint density at radius 3 is 2.35 bits per heavy atom. The lowest BCUT2D eigenvalue weighted by Crippen LogP contribution is -2.40.